The van der Waals surface area contributed by atoms with Gasteiger partial charge in [-0.3, -0.25) is 4.79 Å². The number of hydrogen-bond donors (Lipinski definition) is 3. The minimum Gasteiger partial charge on any atom is -0.409 e. The average molecular weight is 282 g/mol. The lowest BCUT2D eigenvalue weighted by atomic mass is 10.1. The van der Waals surface area contributed by atoms with Gasteiger partial charge < -0.3 is 16.3 Å². The van der Waals surface area contributed by atoms with E-state index in [1.807, 2.05) is 6.92 Å². The molecule has 1 saturated carbocycles. The van der Waals surface area contributed by atoms with Gasteiger partial charge in [0.2, 0.25) is 0 Å². The maximum Gasteiger partial charge on any atom is 0.251 e. The number of amidine groups is 1. The highest BCUT2D eigenvalue weighted by Gasteiger charge is 2.35. The molecule has 0 saturated heterocycles. The van der Waals surface area contributed by atoms with Crippen LogP contribution in [0.4, 0.5) is 0 Å². The van der Waals surface area contributed by atoms with Gasteiger partial charge in [0.25, 0.3) is 5.91 Å². The molecule has 0 aliphatic heterocycles. The monoisotopic (exact) mass is 281 g/mol. The summed E-state index contributed by atoms with van der Waals surface area (Å²) in [5.74, 6) is 0.0141. The lowest BCUT2D eigenvalue weighted by Gasteiger charge is -2.16. The fourth-order valence-corrected chi connectivity index (χ4v) is 2.06. The highest BCUT2D eigenvalue weighted by Crippen LogP contribution is 2.33. The van der Waals surface area contributed by atoms with Crippen molar-refractivity contribution in [2.45, 2.75) is 25.8 Å². The zero-order valence-electron chi connectivity index (χ0n) is 10.6. The molecule has 6 heteroatoms. The fraction of sp³-hybridized carbons (Fsp3) is 0.385. The van der Waals surface area contributed by atoms with Crippen LogP contribution in [-0.4, -0.2) is 23.0 Å². The van der Waals surface area contributed by atoms with Crippen LogP contribution in [0.5, 0.6) is 0 Å². The Morgan fingerprint density at radius 2 is 2.26 bits per heavy atom. The summed E-state index contributed by atoms with van der Waals surface area (Å²) < 4.78 is 0. The second-order valence-electron chi connectivity index (χ2n) is 4.78. The number of nitrogens with two attached hydrogens (primary N) is 1. The lowest BCUT2D eigenvalue weighted by Crippen LogP contribution is -2.46. The summed E-state index contributed by atoms with van der Waals surface area (Å²) in [4.78, 5) is 12.1. The molecule has 1 aromatic carbocycles. The van der Waals surface area contributed by atoms with Gasteiger partial charge in [-0.05, 0) is 43.4 Å². The van der Waals surface area contributed by atoms with E-state index in [-0.39, 0.29) is 17.7 Å². The van der Waals surface area contributed by atoms with Crippen molar-refractivity contribution in [2.24, 2.45) is 16.8 Å². The van der Waals surface area contributed by atoms with E-state index in [4.69, 9.17) is 22.5 Å². The summed E-state index contributed by atoms with van der Waals surface area (Å²) in [6, 6.07) is 4.68. The number of carbonyl (C=O) groups excluding carboxylic acids is 1. The van der Waals surface area contributed by atoms with Gasteiger partial charge in [0.15, 0.2) is 5.84 Å². The van der Waals surface area contributed by atoms with Crippen LogP contribution in [0.25, 0.3) is 0 Å². The standard InChI is InChI=1S/C13H16ClN3O2/c1-7-2-3-9(6-10(7)14)13(18)16-11(8-4-5-8)12(15)17-19/h2-3,6,8,11,19H,4-5H2,1H3,(H2,15,17)(H,16,18). The van der Waals surface area contributed by atoms with Crippen LogP contribution in [0, 0.1) is 12.8 Å². The molecular weight excluding hydrogens is 266 g/mol. The third kappa shape index (κ3) is 3.17. The zero-order valence-corrected chi connectivity index (χ0v) is 11.3. The second-order valence-corrected chi connectivity index (χ2v) is 5.18. The normalized spacial score (nSPS) is 17.1. The van der Waals surface area contributed by atoms with E-state index in [0.717, 1.165) is 18.4 Å². The molecule has 5 nitrogen and oxygen atoms in total. The minimum atomic E-state index is -0.419. The predicted molar refractivity (Wildman–Crippen MR) is 73.6 cm³/mol. The van der Waals surface area contributed by atoms with Crippen molar-refractivity contribution in [1.29, 1.82) is 0 Å². The van der Waals surface area contributed by atoms with Gasteiger partial charge in [-0.1, -0.05) is 22.8 Å². The van der Waals surface area contributed by atoms with E-state index >= 15 is 0 Å². The highest BCUT2D eigenvalue weighted by molar-refractivity contribution is 6.31. The summed E-state index contributed by atoms with van der Waals surface area (Å²) in [6.07, 6.45) is 1.94. The lowest BCUT2D eigenvalue weighted by molar-refractivity contribution is 0.0943. The van der Waals surface area contributed by atoms with Crippen LogP contribution < -0.4 is 11.1 Å². The Morgan fingerprint density at radius 1 is 1.58 bits per heavy atom. The van der Waals surface area contributed by atoms with Gasteiger partial charge in [0.1, 0.15) is 0 Å². The van der Waals surface area contributed by atoms with Gasteiger partial charge in [0, 0.05) is 10.6 Å². The van der Waals surface area contributed by atoms with Crippen molar-refractivity contribution in [3.63, 3.8) is 0 Å². The van der Waals surface area contributed by atoms with Crippen LogP contribution in [0.3, 0.4) is 0 Å². The molecule has 102 valence electrons. The molecule has 19 heavy (non-hydrogen) atoms. The van der Waals surface area contributed by atoms with E-state index in [1.54, 1.807) is 18.2 Å². The third-order valence-electron chi connectivity index (χ3n) is 3.25. The van der Waals surface area contributed by atoms with Crippen LogP contribution >= 0.6 is 11.6 Å². The molecule has 0 spiro atoms. The van der Waals surface area contributed by atoms with Gasteiger partial charge in [-0.15, -0.1) is 0 Å². The molecular formula is C13H16ClN3O2. The average Bonchev–Trinajstić information content (AvgIpc) is 3.22. The molecule has 1 unspecified atom stereocenters. The summed E-state index contributed by atoms with van der Waals surface area (Å²) in [5.41, 5.74) is 6.97. The van der Waals surface area contributed by atoms with Crippen molar-refractivity contribution >= 4 is 23.3 Å². The second kappa shape index (κ2) is 5.48. The number of amides is 1. The number of nitrogens with zero attached hydrogens (tertiary/aromatic N) is 1. The quantitative estimate of drug-likeness (QED) is 0.341. The maximum atomic E-state index is 12.1. The fourth-order valence-electron chi connectivity index (χ4n) is 1.88. The van der Waals surface area contributed by atoms with Crippen molar-refractivity contribution < 1.29 is 10.0 Å². The van der Waals surface area contributed by atoms with E-state index in [9.17, 15) is 4.79 Å². The van der Waals surface area contributed by atoms with Crippen LogP contribution in [-0.2, 0) is 0 Å². The number of aryl methyl sites for hydroxylation is 1. The molecule has 1 aromatic rings. The Balaban J connectivity index is 2.12. The van der Waals surface area contributed by atoms with Crippen molar-refractivity contribution in [2.75, 3.05) is 0 Å². The van der Waals surface area contributed by atoms with Crippen LogP contribution in [0.1, 0.15) is 28.8 Å². The first-order chi connectivity index (χ1) is 9.02. The highest BCUT2D eigenvalue weighted by atomic mass is 35.5. The van der Waals surface area contributed by atoms with Crippen LogP contribution in [0.15, 0.2) is 23.4 Å². The smallest absolute Gasteiger partial charge is 0.251 e. The summed E-state index contributed by atoms with van der Waals surface area (Å²) >= 11 is 5.99. The number of hydrogen-bond acceptors (Lipinski definition) is 3. The summed E-state index contributed by atoms with van der Waals surface area (Å²) in [6.45, 7) is 1.87. The Labute approximate surface area is 116 Å². The molecule has 1 amide bonds. The molecule has 0 bridgehead atoms. The number of oxime groups is 1. The first kappa shape index (κ1) is 13.7. The first-order valence-electron chi connectivity index (χ1n) is 6.07. The zero-order chi connectivity index (χ0) is 14.0. The van der Waals surface area contributed by atoms with Crippen molar-refractivity contribution in [1.82, 2.24) is 5.32 Å². The molecule has 0 heterocycles. The van der Waals surface area contributed by atoms with Crippen molar-refractivity contribution in [3.8, 4) is 0 Å². The molecule has 2 rings (SSSR count). The largest absolute Gasteiger partial charge is 0.409 e. The van der Waals surface area contributed by atoms with E-state index in [1.165, 1.54) is 0 Å². The summed E-state index contributed by atoms with van der Waals surface area (Å²) in [7, 11) is 0. The number of benzene rings is 1. The predicted octanol–water partition coefficient (Wildman–Crippen LogP) is 1.90. The molecule has 1 fully saturated rings. The first-order valence-corrected chi connectivity index (χ1v) is 6.45. The number of halogens is 1. The molecule has 4 N–H and O–H groups in total. The number of rotatable bonds is 4. The third-order valence-corrected chi connectivity index (χ3v) is 3.66. The number of nitrogens with one attached hydrogen (secondary N) is 1. The molecule has 1 atom stereocenters. The maximum absolute atomic E-state index is 12.1. The Hall–Kier alpha value is -1.75. The van der Waals surface area contributed by atoms with Gasteiger partial charge in [-0.2, -0.15) is 0 Å². The molecule has 1 aliphatic carbocycles. The van der Waals surface area contributed by atoms with Crippen molar-refractivity contribution in [3.05, 3.63) is 34.3 Å². The van der Waals surface area contributed by atoms with E-state index in [0.29, 0.717) is 10.6 Å². The van der Waals surface area contributed by atoms with Gasteiger partial charge in [-0.25, -0.2) is 0 Å². The Kier molecular flexibility index (Phi) is 3.95. The van der Waals surface area contributed by atoms with Gasteiger partial charge >= 0.3 is 0 Å². The topological polar surface area (TPSA) is 87.7 Å². The summed E-state index contributed by atoms with van der Waals surface area (Å²) in [5, 5.41) is 15.0. The number of carbonyl (C=O) groups is 1. The van der Waals surface area contributed by atoms with Gasteiger partial charge in [0.05, 0.1) is 6.04 Å². The molecule has 0 radical (unpaired) electrons. The molecule has 0 aromatic heterocycles. The SMILES string of the molecule is Cc1ccc(C(=O)NC(C(N)=NO)C2CC2)cc1Cl. The Morgan fingerprint density at radius 3 is 2.79 bits per heavy atom. The molecule has 1 aliphatic rings. The minimum absolute atomic E-state index is 0.0362. The van der Waals surface area contributed by atoms with E-state index in [2.05, 4.69) is 10.5 Å². The van der Waals surface area contributed by atoms with Crippen LogP contribution in [0.2, 0.25) is 5.02 Å². The van der Waals surface area contributed by atoms with E-state index < -0.39 is 6.04 Å². The Bertz CT molecular complexity index is 527.